The van der Waals surface area contributed by atoms with E-state index in [1.807, 2.05) is 0 Å². The number of hydrogen-bond acceptors (Lipinski definition) is 4. The van der Waals surface area contributed by atoms with Gasteiger partial charge in [-0.15, -0.1) is 11.6 Å². The van der Waals surface area contributed by atoms with Crippen molar-refractivity contribution in [2.24, 2.45) is 0 Å². The van der Waals surface area contributed by atoms with Crippen molar-refractivity contribution in [1.29, 1.82) is 0 Å². The Balaban J connectivity index is 1.40. The zero-order valence-electron chi connectivity index (χ0n) is 20.1. The molecule has 0 aliphatic carbocycles. The maximum absolute atomic E-state index is 13.6. The minimum absolute atomic E-state index is 0.0573. The molecule has 0 spiro atoms. The van der Waals surface area contributed by atoms with Gasteiger partial charge in [-0.05, 0) is 60.0 Å². The van der Waals surface area contributed by atoms with Gasteiger partial charge in [0.05, 0.1) is 23.8 Å². The molecule has 0 N–H and O–H groups in total. The number of ether oxygens (including phenoxy) is 2. The number of fused-ring (bicyclic) bond motifs is 3. The zero-order valence-corrected chi connectivity index (χ0v) is 20.9. The number of nitrogens with zero attached hydrogens (tertiary/aromatic N) is 2. The summed E-state index contributed by atoms with van der Waals surface area (Å²) < 4.78 is 65.5. The van der Waals surface area contributed by atoms with E-state index in [1.165, 1.54) is 24.3 Å². The number of hydrogen-bond donors (Lipinski definition) is 0. The van der Waals surface area contributed by atoms with Crippen molar-refractivity contribution in [3.63, 3.8) is 0 Å². The highest BCUT2D eigenvalue weighted by Crippen LogP contribution is 2.30. The summed E-state index contributed by atoms with van der Waals surface area (Å²) in [4.78, 5) is 16.5. The van der Waals surface area contributed by atoms with Gasteiger partial charge >= 0.3 is 11.9 Å². The average molecular weight is 547 g/mol. The Kier molecular flexibility index (Phi) is 8.36. The zero-order chi connectivity index (χ0) is 27.3. The van der Waals surface area contributed by atoms with Crippen LogP contribution in [-0.2, 0) is 19.4 Å². The number of alkyl halides is 4. The standard InChI is InChI=1S/C28H23ClF4N2O3/c1-2-3-23(15-20(17-29)28(31,32)33)38-22-7-4-18(5-8-22)11-13-37-26-16-25-24-9-6-21(30)14-19(24)10-12-35(25)27(36)34-26/h2-9,14-16H,1,10-13,17H2/b20-15+,23-3+. The molecule has 4 rings (SSSR count). The second-order valence-corrected chi connectivity index (χ2v) is 8.68. The Hall–Kier alpha value is -3.85. The number of aryl methyl sites for hydroxylation is 1. The lowest BCUT2D eigenvalue weighted by atomic mass is 9.98. The molecule has 1 aliphatic rings. The van der Waals surface area contributed by atoms with Crippen molar-refractivity contribution < 1.29 is 27.0 Å². The average Bonchev–Trinajstić information content (AvgIpc) is 2.87. The monoisotopic (exact) mass is 546 g/mol. The second-order valence-electron chi connectivity index (χ2n) is 8.42. The second kappa shape index (κ2) is 11.7. The van der Waals surface area contributed by atoms with Crippen LogP contribution in [0.5, 0.6) is 11.6 Å². The van der Waals surface area contributed by atoms with Gasteiger partial charge in [0.15, 0.2) is 0 Å². The highest BCUT2D eigenvalue weighted by atomic mass is 35.5. The Morgan fingerprint density at radius 3 is 2.61 bits per heavy atom. The van der Waals surface area contributed by atoms with Crippen LogP contribution in [0.15, 0.2) is 89.5 Å². The van der Waals surface area contributed by atoms with E-state index < -0.39 is 23.3 Å². The summed E-state index contributed by atoms with van der Waals surface area (Å²) in [5.41, 5.74) is 1.72. The lowest BCUT2D eigenvalue weighted by molar-refractivity contribution is -0.0910. The van der Waals surface area contributed by atoms with Gasteiger partial charge in [-0.1, -0.05) is 24.8 Å². The first-order chi connectivity index (χ1) is 18.2. The van der Waals surface area contributed by atoms with Crippen molar-refractivity contribution in [2.75, 3.05) is 12.5 Å². The summed E-state index contributed by atoms with van der Waals surface area (Å²) in [5.74, 6) is -0.596. The summed E-state index contributed by atoms with van der Waals surface area (Å²) in [6, 6.07) is 12.9. The van der Waals surface area contributed by atoms with Gasteiger partial charge in [0.1, 0.15) is 17.3 Å². The predicted molar refractivity (Wildman–Crippen MR) is 137 cm³/mol. The molecule has 1 aliphatic heterocycles. The van der Waals surface area contributed by atoms with Crippen LogP contribution in [-0.4, -0.2) is 28.2 Å². The summed E-state index contributed by atoms with van der Waals surface area (Å²) in [6.07, 6.45) is -0.102. The quantitative estimate of drug-likeness (QED) is 0.135. The van der Waals surface area contributed by atoms with Crippen LogP contribution in [0, 0.1) is 5.82 Å². The normalized spacial score (nSPS) is 13.5. The molecular weight excluding hydrogens is 524 g/mol. The molecule has 198 valence electrons. The molecule has 0 bridgehead atoms. The molecule has 38 heavy (non-hydrogen) atoms. The first kappa shape index (κ1) is 27.2. The molecule has 0 fully saturated rings. The van der Waals surface area contributed by atoms with Gasteiger partial charge < -0.3 is 9.47 Å². The van der Waals surface area contributed by atoms with Crippen LogP contribution in [0.25, 0.3) is 11.3 Å². The third-order valence-electron chi connectivity index (χ3n) is 5.84. The Labute approximate surface area is 221 Å². The maximum atomic E-state index is 13.6. The predicted octanol–water partition coefficient (Wildman–Crippen LogP) is 6.40. The topological polar surface area (TPSA) is 53.4 Å². The summed E-state index contributed by atoms with van der Waals surface area (Å²) >= 11 is 5.44. The fourth-order valence-electron chi connectivity index (χ4n) is 3.98. The fraction of sp³-hybridized carbons (Fsp3) is 0.214. The minimum atomic E-state index is -4.57. The van der Waals surface area contributed by atoms with Crippen molar-refractivity contribution in [2.45, 2.75) is 25.6 Å². The Morgan fingerprint density at radius 2 is 1.92 bits per heavy atom. The van der Waals surface area contributed by atoms with Crippen molar-refractivity contribution >= 4 is 11.6 Å². The van der Waals surface area contributed by atoms with Gasteiger partial charge in [-0.25, -0.2) is 9.18 Å². The minimum Gasteiger partial charge on any atom is -0.477 e. The largest absolute Gasteiger partial charge is 0.477 e. The van der Waals surface area contributed by atoms with E-state index in [9.17, 15) is 22.4 Å². The van der Waals surface area contributed by atoms with E-state index in [1.54, 1.807) is 41.0 Å². The molecule has 1 aromatic heterocycles. The molecular formula is C28H23ClF4N2O3. The van der Waals surface area contributed by atoms with Crippen LogP contribution < -0.4 is 15.2 Å². The van der Waals surface area contributed by atoms with Gasteiger partial charge in [-0.2, -0.15) is 18.2 Å². The Morgan fingerprint density at radius 1 is 1.16 bits per heavy atom. The Bertz CT molecular complexity index is 1440. The highest BCUT2D eigenvalue weighted by Gasteiger charge is 2.33. The van der Waals surface area contributed by atoms with E-state index in [2.05, 4.69) is 11.6 Å². The molecule has 0 saturated heterocycles. The smallest absolute Gasteiger partial charge is 0.413 e. The van der Waals surface area contributed by atoms with Gasteiger partial charge in [0.2, 0.25) is 5.88 Å². The molecule has 2 aromatic carbocycles. The summed E-state index contributed by atoms with van der Waals surface area (Å²) in [6.45, 7) is 4.13. The number of allylic oxidation sites excluding steroid dienone is 4. The van der Waals surface area contributed by atoms with Gasteiger partial charge in [-0.3, -0.25) is 4.57 Å². The van der Waals surface area contributed by atoms with Crippen LogP contribution >= 0.6 is 11.6 Å². The van der Waals surface area contributed by atoms with E-state index in [0.717, 1.165) is 22.8 Å². The lowest BCUT2D eigenvalue weighted by Gasteiger charge is -2.21. The fourth-order valence-corrected chi connectivity index (χ4v) is 4.21. The summed E-state index contributed by atoms with van der Waals surface area (Å²) in [5, 5.41) is 0. The number of benzene rings is 2. The van der Waals surface area contributed by atoms with Crippen molar-refractivity contribution in [3.8, 4) is 22.9 Å². The van der Waals surface area contributed by atoms with E-state index >= 15 is 0 Å². The summed E-state index contributed by atoms with van der Waals surface area (Å²) in [7, 11) is 0. The van der Waals surface area contributed by atoms with Gasteiger partial charge in [0.25, 0.3) is 0 Å². The first-order valence-corrected chi connectivity index (χ1v) is 12.2. The molecule has 2 heterocycles. The molecule has 0 radical (unpaired) electrons. The maximum Gasteiger partial charge on any atom is 0.413 e. The molecule has 0 saturated carbocycles. The lowest BCUT2D eigenvalue weighted by Crippen LogP contribution is -2.28. The third-order valence-corrected chi connectivity index (χ3v) is 6.13. The van der Waals surface area contributed by atoms with E-state index in [4.69, 9.17) is 21.1 Å². The van der Waals surface area contributed by atoms with Crippen molar-refractivity contribution in [1.82, 2.24) is 9.55 Å². The number of rotatable bonds is 9. The van der Waals surface area contributed by atoms with E-state index in [-0.39, 0.29) is 24.1 Å². The first-order valence-electron chi connectivity index (χ1n) is 11.6. The van der Waals surface area contributed by atoms with Crippen LogP contribution in [0.1, 0.15) is 11.1 Å². The third kappa shape index (κ3) is 6.52. The highest BCUT2D eigenvalue weighted by molar-refractivity contribution is 6.19. The van der Waals surface area contributed by atoms with E-state index in [0.29, 0.717) is 30.8 Å². The van der Waals surface area contributed by atoms with Crippen LogP contribution in [0.3, 0.4) is 0 Å². The molecule has 3 aromatic rings. The molecule has 5 nitrogen and oxygen atoms in total. The van der Waals surface area contributed by atoms with Crippen molar-refractivity contribution in [3.05, 3.63) is 112 Å². The number of halogens is 5. The molecule has 10 heteroatoms. The molecule has 0 amide bonds. The van der Waals surface area contributed by atoms with Gasteiger partial charge in [0, 0.05) is 24.6 Å². The number of aromatic nitrogens is 2. The van der Waals surface area contributed by atoms with Crippen LogP contribution in [0.4, 0.5) is 17.6 Å². The molecule has 0 atom stereocenters. The SMILES string of the molecule is C=C/C=C(\C=C(/CCl)C(F)(F)F)Oc1ccc(CCOc2cc3n(c(=O)n2)CCc2cc(F)ccc2-3)cc1. The molecule has 0 unspecified atom stereocenters. The van der Waals surface area contributed by atoms with Crippen LogP contribution in [0.2, 0.25) is 0 Å².